The second-order valence-corrected chi connectivity index (χ2v) is 6.30. The molecule has 0 N–H and O–H groups in total. The fraction of sp³-hybridized carbons (Fsp3) is 0.562. The molecule has 1 aliphatic heterocycles. The Kier molecular flexibility index (Phi) is 4.86. The van der Waals surface area contributed by atoms with Crippen LogP contribution in [0.1, 0.15) is 39.3 Å². The molecule has 1 aromatic heterocycles. The number of pyridine rings is 1. The molecule has 1 amide bonds. The number of aromatic nitrogens is 1. The van der Waals surface area contributed by atoms with Crippen molar-refractivity contribution in [3.8, 4) is 11.8 Å². The first-order chi connectivity index (χ1) is 10.4. The summed E-state index contributed by atoms with van der Waals surface area (Å²) in [6.45, 7) is 6.73. The van der Waals surface area contributed by atoms with E-state index in [-0.39, 0.29) is 12.2 Å². The van der Waals surface area contributed by atoms with E-state index in [1.165, 1.54) is 6.20 Å². The Morgan fingerprint density at radius 3 is 2.82 bits per heavy atom. The van der Waals surface area contributed by atoms with Gasteiger partial charge in [-0.2, -0.15) is 5.26 Å². The lowest BCUT2D eigenvalue weighted by molar-refractivity contribution is 0.00772. The predicted molar refractivity (Wildman–Crippen MR) is 80.4 cm³/mol. The standard InChI is InChI=1S/C16H21N3O3/c1-16(2,3)22-15(20)19-8-4-5-14(11-19)21-13-7-6-12(9-17)18-10-13/h6-7,10,14H,4-5,8,11H2,1-3H3. The van der Waals surface area contributed by atoms with Crippen molar-refractivity contribution < 1.29 is 14.3 Å². The second-order valence-electron chi connectivity index (χ2n) is 6.30. The molecular weight excluding hydrogens is 282 g/mol. The van der Waals surface area contributed by atoms with E-state index in [0.29, 0.717) is 24.5 Å². The summed E-state index contributed by atoms with van der Waals surface area (Å²) in [5, 5.41) is 8.73. The quantitative estimate of drug-likeness (QED) is 0.839. The molecule has 2 rings (SSSR count). The smallest absolute Gasteiger partial charge is 0.410 e. The van der Waals surface area contributed by atoms with Gasteiger partial charge >= 0.3 is 6.09 Å². The molecule has 0 radical (unpaired) electrons. The van der Waals surface area contributed by atoms with Crippen molar-refractivity contribution in [2.75, 3.05) is 13.1 Å². The van der Waals surface area contributed by atoms with Gasteiger partial charge in [-0.15, -0.1) is 0 Å². The maximum absolute atomic E-state index is 12.1. The van der Waals surface area contributed by atoms with Crippen molar-refractivity contribution in [2.24, 2.45) is 0 Å². The first kappa shape index (κ1) is 16.1. The Balaban J connectivity index is 1.92. The highest BCUT2D eigenvalue weighted by Crippen LogP contribution is 2.20. The number of carbonyl (C=O) groups is 1. The Morgan fingerprint density at radius 1 is 1.45 bits per heavy atom. The van der Waals surface area contributed by atoms with E-state index in [0.717, 1.165) is 12.8 Å². The number of hydrogen-bond donors (Lipinski definition) is 0. The molecule has 22 heavy (non-hydrogen) atoms. The zero-order chi connectivity index (χ0) is 16.2. The molecule has 1 aromatic rings. The summed E-state index contributed by atoms with van der Waals surface area (Å²) in [6.07, 6.45) is 2.88. The fourth-order valence-corrected chi connectivity index (χ4v) is 2.24. The molecule has 0 saturated carbocycles. The molecule has 0 spiro atoms. The molecule has 0 bridgehead atoms. The van der Waals surface area contributed by atoms with Crippen LogP contribution in [-0.2, 0) is 4.74 Å². The topological polar surface area (TPSA) is 75.4 Å². The van der Waals surface area contributed by atoms with Gasteiger partial charge in [0.15, 0.2) is 0 Å². The van der Waals surface area contributed by atoms with Crippen LogP contribution >= 0.6 is 0 Å². The van der Waals surface area contributed by atoms with Gasteiger partial charge in [0.05, 0.1) is 12.7 Å². The van der Waals surface area contributed by atoms with Crippen LogP contribution in [0.3, 0.4) is 0 Å². The van der Waals surface area contributed by atoms with E-state index in [2.05, 4.69) is 4.98 Å². The number of likely N-dealkylation sites (tertiary alicyclic amines) is 1. The Morgan fingerprint density at radius 2 is 2.23 bits per heavy atom. The van der Waals surface area contributed by atoms with Crippen molar-refractivity contribution in [1.29, 1.82) is 5.26 Å². The summed E-state index contributed by atoms with van der Waals surface area (Å²) in [4.78, 5) is 17.7. The molecule has 1 aliphatic rings. The Labute approximate surface area is 130 Å². The highest BCUT2D eigenvalue weighted by molar-refractivity contribution is 5.68. The molecule has 1 saturated heterocycles. The van der Waals surface area contributed by atoms with Crippen molar-refractivity contribution in [3.63, 3.8) is 0 Å². The third-order valence-corrected chi connectivity index (χ3v) is 3.18. The molecule has 0 aromatic carbocycles. The normalized spacial score (nSPS) is 18.5. The average Bonchev–Trinajstić information content (AvgIpc) is 2.46. The minimum absolute atomic E-state index is 0.0870. The lowest BCUT2D eigenvalue weighted by atomic mass is 10.1. The van der Waals surface area contributed by atoms with E-state index < -0.39 is 5.60 Å². The number of carbonyl (C=O) groups excluding carboxylic acids is 1. The highest BCUT2D eigenvalue weighted by Gasteiger charge is 2.28. The summed E-state index contributed by atoms with van der Waals surface area (Å²) < 4.78 is 11.2. The van der Waals surface area contributed by atoms with Crippen molar-refractivity contribution >= 4 is 6.09 Å². The van der Waals surface area contributed by atoms with Gasteiger partial charge in [0.2, 0.25) is 0 Å². The van der Waals surface area contributed by atoms with Gasteiger partial charge in [0.1, 0.15) is 29.2 Å². The minimum Gasteiger partial charge on any atom is -0.487 e. The fourth-order valence-electron chi connectivity index (χ4n) is 2.24. The van der Waals surface area contributed by atoms with Crippen LogP contribution < -0.4 is 4.74 Å². The molecule has 118 valence electrons. The number of nitriles is 1. The van der Waals surface area contributed by atoms with Gasteiger partial charge in [-0.1, -0.05) is 0 Å². The minimum atomic E-state index is -0.498. The molecule has 0 aliphatic carbocycles. The summed E-state index contributed by atoms with van der Waals surface area (Å²) >= 11 is 0. The van der Waals surface area contributed by atoms with Crippen molar-refractivity contribution in [1.82, 2.24) is 9.88 Å². The zero-order valence-corrected chi connectivity index (χ0v) is 13.2. The lowest BCUT2D eigenvalue weighted by Crippen LogP contribution is -2.46. The monoisotopic (exact) mass is 303 g/mol. The summed E-state index contributed by atoms with van der Waals surface area (Å²) in [5.41, 5.74) is -0.145. The third-order valence-electron chi connectivity index (χ3n) is 3.18. The van der Waals surface area contributed by atoms with Crippen LogP contribution in [0.25, 0.3) is 0 Å². The van der Waals surface area contributed by atoms with E-state index in [4.69, 9.17) is 14.7 Å². The summed E-state index contributed by atoms with van der Waals surface area (Å²) in [5.74, 6) is 0.607. The van der Waals surface area contributed by atoms with Crippen LogP contribution in [0.4, 0.5) is 4.79 Å². The van der Waals surface area contributed by atoms with Crippen LogP contribution in [0.15, 0.2) is 18.3 Å². The van der Waals surface area contributed by atoms with Crippen LogP contribution in [0.5, 0.6) is 5.75 Å². The first-order valence-electron chi connectivity index (χ1n) is 7.38. The molecule has 1 unspecified atom stereocenters. The lowest BCUT2D eigenvalue weighted by Gasteiger charge is -2.34. The summed E-state index contributed by atoms with van der Waals surface area (Å²) in [7, 11) is 0. The maximum Gasteiger partial charge on any atom is 0.410 e. The number of rotatable bonds is 2. The van der Waals surface area contributed by atoms with Crippen LogP contribution in [0.2, 0.25) is 0 Å². The largest absolute Gasteiger partial charge is 0.487 e. The van der Waals surface area contributed by atoms with Gasteiger partial charge in [-0.25, -0.2) is 9.78 Å². The SMILES string of the molecule is CC(C)(C)OC(=O)N1CCCC(Oc2ccc(C#N)nc2)C1. The van der Waals surface area contributed by atoms with E-state index in [1.807, 2.05) is 26.8 Å². The summed E-state index contributed by atoms with van der Waals surface area (Å²) in [6, 6.07) is 5.30. The van der Waals surface area contributed by atoms with Gasteiger partial charge in [-0.3, -0.25) is 0 Å². The molecular formula is C16H21N3O3. The van der Waals surface area contributed by atoms with Gasteiger partial charge in [0, 0.05) is 6.54 Å². The molecule has 1 fully saturated rings. The second kappa shape index (κ2) is 6.65. The van der Waals surface area contributed by atoms with E-state index in [1.54, 1.807) is 17.0 Å². The molecule has 1 atom stereocenters. The van der Waals surface area contributed by atoms with Crippen LogP contribution in [0, 0.1) is 11.3 Å². The molecule has 2 heterocycles. The number of piperidine rings is 1. The predicted octanol–water partition coefficient (Wildman–Crippen LogP) is 2.73. The van der Waals surface area contributed by atoms with Crippen LogP contribution in [-0.4, -0.2) is 40.8 Å². The molecule has 6 heteroatoms. The van der Waals surface area contributed by atoms with E-state index >= 15 is 0 Å². The van der Waals surface area contributed by atoms with E-state index in [9.17, 15) is 4.79 Å². The average molecular weight is 303 g/mol. The number of nitrogens with zero attached hydrogens (tertiary/aromatic N) is 3. The third kappa shape index (κ3) is 4.62. The van der Waals surface area contributed by atoms with Gasteiger partial charge < -0.3 is 14.4 Å². The Bertz CT molecular complexity index is 557. The first-order valence-corrected chi connectivity index (χ1v) is 7.38. The van der Waals surface area contributed by atoms with Crippen molar-refractivity contribution in [2.45, 2.75) is 45.3 Å². The zero-order valence-electron chi connectivity index (χ0n) is 13.2. The Hall–Kier alpha value is -2.29. The maximum atomic E-state index is 12.1. The van der Waals surface area contributed by atoms with Crippen molar-refractivity contribution in [3.05, 3.63) is 24.0 Å². The number of amides is 1. The van der Waals surface area contributed by atoms with Gasteiger partial charge in [-0.05, 0) is 45.7 Å². The van der Waals surface area contributed by atoms with Gasteiger partial charge in [0.25, 0.3) is 0 Å². The molecule has 6 nitrogen and oxygen atoms in total. The number of hydrogen-bond acceptors (Lipinski definition) is 5. The number of ether oxygens (including phenoxy) is 2. The highest BCUT2D eigenvalue weighted by atomic mass is 16.6.